The summed E-state index contributed by atoms with van der Waals surface area (Å²) in [5, 5.41) is 8.01. The molecule has 0 atom stereocenters. The molecule has 0 aromatic heterocycles. The molecule has 2 aliphatic carbocycles. The average molecular weight is 801 g/mol. The van der Waals surface area contributed by atoms with Crippen LogP contribution >= 0.6 is 0 Å². The number of Topliss-reactive ketones (excluding diaryl/α,β-unsaturated/α-hetero) is 1. The largest absolute Gasteiger partial charge is 1.00 e. The summed E-state index contributed by atoms with van der Waals surface area (Å²) in [4.78, 5) is 21.8. The number of nitrogens with one attached hydrogen (secondary N) is 2. The minimum absolute atomic E-state index is 0. The van der Waals surface area contributed by atoms with E-state index in [0.717, 1.165) is 11.1 Å². The van der Waals surface area contributed by atoms with Gasteiger partial charge in [0.2, 0.25) is 11.6 Å². The number of carbonyl (C=O) groups is 2. The Morgan fingerprint density at radius 1 is 0.566 bits per heavy atom. The molecule has 0 unspecified atom stereocenters. The van der Waals surface area contributed by atoms with Crippen molar-refractivity contribution in [3.8, 4) is 11.1 Å². The van der Waals surface area contributed by atoms with E-state index in [9.17, 15) is 48.5 Å². The van der Waals surface area contributed by atoms with Gasteiger partial charge in [-0.1, -0.05) is 54.6 Å². The van der Waals surface area contributed by atoms with Crippen molar-refractivity contribution in [1.82, 2.24) is 0 Å². The summed E-state index contributed by atoms with van der Waals surface area (Å²) in [6.45, 7) is 0. The monoisotopic (exact) mass is 800 g/mol. The first kappa shape index (κ1) is 44.8. The van der Waals surface area contributed by atoms with Crippen molar-refractivity contribution in [2.45, 2.75) is 9.79 Å². The molecule has 6 rings (SSSR count). The van der Waals surface area contributed by atoms with Crippen LogP contribution in [0.2, 0.25) is 0 Å². The van der Waals surface area contributed by atoms with Crippen molar-refractivity contribution in [1.29, 1.82) is 0 Å². The number of nitrogens with zero attached hydrogens (tertiary/aromatic N) is 2. The molecule has 0 radical (unpaired) electrons. The van der Waals surface area contributed by atoms with Gasteiger partial charge in [-0.25, -0.2) is 25.3 Å². The minimum atomic E-state index is -5.59. The van der Waals surface area contributed by atoms with Gasteiger partial charge in [-0.15, -0.1) is 0 Å². The smallest absolute Gasteiger partial charge is 0.744 e. The molecule has 254 valence electrons. The molecule has 15 nitrogen and oxygen atoms in total. The maximum absolute atomic E-state index is 13.3. The summed E-state index contributed by atoms with van der Waals surface area (Å²) in [6, 6.07) is 21.3. The second-order valence-electron chi connectivity index (χ2n) is 10.7. The number of allylic oxidation sites excluding steroid dienone is 2. The number of hydrogen-bond donors (Lipinski definition) is 2. The van der Waals surface area contributed by atoms with Gasteiger partial charge >= 0.3 is 88.7 Å². The maximum atomic E-state index is 13.3. The molecule has 0 fully saturated rings. The Balaban J connectivity index is 0.00000252. The van der Waals surface area contributed by atoms with Gasteiger partial charge in [-0.2, -0.15) is 10.2 Å². The molecule has 4 aromatic rings. The van der Waals surface area contributed by atoms with E-state index in [1.807, 2.05) is 18.2 Å². The van der Waals surface area contributed by atoms with E-state index in [1.54, 1.807) is 48.5 Å². The number of hydrazone groups is 2. The van der Waals surface area contributed by atoms with Crippen LogP contribution < -0.4 is 99.5 Å². The van der Waals surface area contributed by atoms with Crippen molar-refractivity contribution >= 4 is 76.9 Å². The fourth-order valence-electron chi connectivity index (χ4n) is 5.11. The number of carbonyl (C=O) groups excluding carboxylic acids is 2. The number of ketones is 2. The van der Waals surface area contributed by atoms with Crippen molar-refractivity contribution in [3.05, 3.63) is 118 Å². The van der Waals surface area contributed by atoms with Crippen LogP contribution in [0.5, 0.6) is 0 Å². The van der Waals surface area contributed by atoms with Gasteiger partial charge in [-0.05, 0) is 70.8 Å². The van der Waals surface area contributed by atoms with Crippen LogP contribution in [-0.4, -0.2) is 61.9 Å². The zero-order chi connectivity index (χ0) is 36.0. The standard InChI is InChI=1S/C32H22N4O11S3.3Na/c37-26-14-9-20-3-1-2-4-25(20)30(26)35-33-22-10-5-18(6-11-22)19-7-12-23(13-8-19)34-36-31-28(50(45,46)47)16-21-15-24(48(39,40)41)17-27(49(42,43)44)29(21)32(31)38;;;/h1-17,33-34H,(H,39,40,41)(H,42,43,44)(H,45,46,47);;;/q;3*+1/p-3/b35-30+,36-31+;;;. The van der Waals surface area contributed by atoms with Crippen molar-refractivity contribution in [2.24, 2.45) is 10.2 Å². The van der Waals surface area contributed by atoms with Gasteiger partial charge in [0.05, 0.1) is 26.1 Å². The molecule has 0 bridgehead atoms. The third-order valence-electron chi connectivity index (χ3n) is 7.46. The number of benzene rings is 4. The molecule has 0 saturated carbocycles. The SMILES string of the molecule is O=C1C=Cc2ccccc2/C1=N\Nc1ccc(-c2ccc(N/N=C3/C(=O)c4c(cc(S(=O)(=O)[O-])cc4S(=O)(=O)[O-])C=C3S(=O)(=O)[O-])cc2)cc1.[Na+].[Na+].[Na+]. The molecule has 2 aliphatic rings. The fourth-order valence-corrected chi connectivity index (χ4v) is 7.10. The molecule has 2 N–H and O–H groups in total. The van der Waals surface area contributed by atoms with Gasteiger partial charge in [0, 0.05) is 11.1 Å². The van der Waals surface area contributed by atoms with Crippen LogP contribution in [0, 0.1) is 0 Å². The Labute approximate surface area is 369 Å². The van der Waals surface area contributed by atoms with E-state index in [0.29, 0.717) is 29.0 Å². The quantitative estimate of drug-likeness (QED) is 0.0958. The molecular weight excluding hydrogens is 782 g/mol. The second-order valence-corrected chi connectivity index (χ2v) is 14.7. The second kappa shape index (κ2) is 17.4. The Hall–Kier alpha value is -2.63. The van der Waals surface area contributed by atoms with Crippen LogP contribution in [0.1, 0.15) is 27.0 Å². The molecule has 0 saturated heterocycles. The third kappa shape index (κ3) is 9.98. The van der Waals surface area contributed by atoms with Crippen molar-refractivity contribution in [3.63, 3.8) is 0 Å². The zero-order valence-electron chi connectivity index (χ0n) is 27.9. The summed E-state index contributed by atoms with van der Waals surface area (Å²) in [6.07, 6.45) is 3.63. The first-order chi connectivity index (χ1) is 23.5. The zero-order valence-corrected chi connectivity index (χ0v) is 36.4. The van der Waals surface area contributed by atoms with Crippen LogP contribution in [0.4, 0.5) is 11.4 Å². The first-order valence-corrected chi connectivity index (χ1v) is 18.3. The Bertz CT molecular complexity index is 2590. The van der Waals surface area contributed by atoms with E-state index in [2.05, 4.69) is 21.1 Å². The van der Waals surface area contributed by atoms with E-state index in [1.165, 1.54) is 18.2 Å². The predicted molar refractivity (Wildman–Crippen MR) is 178 cm³/mol. The third-order valence-corrected chi connectivity index (χ3v) is 9.98. The van der Waals surface area contributed by atoms with Crippen molar-refractivity contribution < 1.29 is 137 Å². The summed E-state index contributed by atoms with van der Waals surface area (Å²) < 4.78 is 107. The number of hydrogen-bond acceptors (Lipinski definition) is 15. The fraction of sp³-hybridized carbons (Fsp3) is 0. The Morgan fingerprint density at radius 3 is 1.60 bits per heavy atom. The Morgan fingerprint density at radius 2 is 1.09 bits per heavy atom. The molecule has 21 heteroatoms. The number of anilines is 2. The molecule has 0 aliphatic heterocycles. The van der Waals surface area contributed by atoms with Crippen LogP contribution in [-0.2, 0) is 35.1 Å². The minimum Gasteiger partial charge on any atom is -0.744 e. The van der Waals surface area contributed by atoms with Crippen LogP contribution in [0.25, 0.3) is 23.3 Å². The van der Waals surface area contributed by atoms with Gasteiger partial charge < -0.3 is 13.7 Å². The van der Waals surface area contributed by atoms with Gasteiger partial charge in [0.15, 0.2) is 0 Å². The average Bonchev–Trinajstić information content (AvgIpc) is 3.06. The summed E-state index contributed by atoms with van der Waals surface area (Å²) in [5.41, 5.74) is 6.59. The summed E-state index contributed by atoms with van der Waals surface area (Å²) in [5.74, 6) is -1.74. The molecule has 0 spiro atoms. The molecule has 0 heterocycles. The van der Waals surface area contributed by atoms with Gasteiger partial charge in [-0.3, -0.25) is 20.4 Å². The molecule has 4 aromatic carbocycles. The first-order valence-electron chi connectivity index (χ1n) is 14.0. The molecular formula is C32H19N4Na3O11S3. The normalized spacial score (nSPS) is 15.3. The van der Waals surface area contributed by atoms with Crippen LogP contribution in [0.3, 0.4) is 0 Å². The van der Waals surface area contributed by atoms with E-state index >= 15 is 0 Å². The van der Waals surface area contributed by atoms with Crippen molar-refractivity contribution in [2.75, 3.05) is 10.9 Å². The molecule has 0 amide bonds. The topological polar surface area (TPSA) is 255 Å². The number of fused-ring (bicyclic) bond motifs is 2. The summed E-state index contributed by atoms with van der Waals surface area (Å²) >= 11 is 0. The Kier molecular flexibility index (Phi) is 14.7. The van der Waals surface area contributed by atoms with Gasteiger partial charge in [0.25, 0.3) is 0 Å². The molecule has 53 heavy (non-hydrogen) atoms. The van der Waals surface area contributed by atoms with E-state index in [4.69, 9.17) is 0 Å². The van der Waals surface area contributed by atoms with Crippen LogP contribution in [0.15, 0.2) is 116 Å². The maximum Gasteiger partial charge on any atom is 1.00 e. The van der Waals surface area contributed by atoms with Gasteiger partial charge in [0.1, 0.15) is 41.8 Å². The van der Waals surface area contributed by atoms with E-state index in [-0.39, 0.29) is 112 Å². The summed E-state index contributed by atoms with van der Waals surface area (Å²) in [7, 11) is -16.5. The number of rotatable bonds is 8. The predicted octanol–water partition coefficient (Wildman–Crippen LogP) is -5.86. The van der Waals surface area contributed by atoms with E-state index < -0.39 is 67.7 Å².